The Bertz CT molecular complexity index is 942. The normalized spacial score (nSPS) is 17.5. The SMILES string of the molecule is O=C(O)C1(NS(=O)(=O)c2ccc3c(Cl)cnc(Cl)c3c2)CCOCC1. The van der Waals surface area contributed by atoms with Crippen molar-refractivity contribution in [3.63, 3.8) is 0 Å². The average molecular weight is 405 g/mol. The van der Waals surface area contributed by atoms with Crippen molar-refractivity contribution in [3.8, 4) is 0 Å². The molecule has 1 aromatic heterocycles. The predicted octanol–water partition coefficient (Wildman–Crippen LogP) is 2.45. The summed E-state index contributed by atoms with van der Waals surface area (Å²) in [5, 5.41) is 10.9. The van der Waals surface area contributed by atoms with Gasteiger partial charge in [-0.25, -0.2) is 13.4 Å². The van der Waals surface area contributed by atoms with Gasteiger partial charge in [-0.3, -0.25) is 4.79 Å². The van der Waals surface area contributed by atoms with Gasteiger partial charge in [-0.15, -0.1) is 0 Å². The number of fused-ring (bicyclic) bond motifs is 1. The molecule has 10 heteroatoms. The summed E-state index contributed by atoms with van der Waals surface area (Å²) in [5.41, 5.74) is -1.59. The van der Waals surface area contributed by atoms with Crippen molar-refractivity contribution in [2.24, 2.45) is 0 Å². The van der Waals surface area contributed by atoms with Crippen molar-refractivity contribution >= 4 is 50.0 Å². The third kappa shape index (κ3) is 3.45. The van der Waals surface area contributed by atoms with Gasteiger partial charge in [-0.2, -0.15) is 4.72 Å². The molecule has 0 unspecified atom stereocenters. The first-order chi connectivity index (χ1) is 11.8. The molecule has 1 saturated heterocycles. The molecule has 0 radical (unpaired) electrons. The lowest BCUT2D eigenvalue weighted by atomic mass is 9.92. The van der Waals surface area contributed by atoms with E-state index in [9.17, 15) is 18.3 Å². The molecule has 1 aromatic carbocycles. The van der Waals surface area contributed by atoms with E-state index in [1.54, 1.807) is 0 Å². The number of carboxylic acids is 1. The topological polar surface area (TPSA) is 106 Å². The second kappa shape index (κ2) is 6.69. The number of aliphatic carboxylic acids is 1. The Kier molecular flexibility index (Phi) is 4.91. The van der Waals surface area contributed by atoms with Crippen LogP contribution in [0.4, 0.5) is 0 Å². The molecule has 3 rings (SSSR count). The number of aromatic nitrogens is 1. The lowest BCUT2D eigenvalue weighted by molar-refractivity contribution is -0.147. The summed E-state index contributed by atoms with van der Waals surface area (Å²) in [5.74, 6) is -1.23. The van der Waals surface area contributed by atoms with Crippen LogP contribution in [0.15, 0.2) is 29.3 Å². The highest BCUT2D eigenvalue weighted by Crippen LogP contribution is 2.31. The van der Waals surface area contributed by atoms with Crippen molar-refractivity contribution in [2.75, 3.05) is 13.2 Å². The number of sulfonamides is 1. The summed E-state index contributed by atoms with van der Waals surface area (Å²) in [6, 6.07) is 4.19. The van der Waals surface area contributed by atoms with E-state index in [0.29, 0.717) is 15.8 Å². The van der Waals surface area contributed by atoms with Crippen LogP contribution in [0.5, 0.6) is 0 Å². The molecule has 2 N–H and O–H groups in total. The Morgan fingerprint density at radius 3 is 2.56 bits per heavy atom. The predicted molar refractivity (Wildman–Crippen MR) is 92.5 cm³/mol. The maximum atomic E-state index is 12.7. The largest absolute Gasteiger partial charge is 0.480 e. The summed E-state index contributed by atoms with van der Waals surface area (Å²) >= 11 is 12.1. The molecule has 0 spiro atoms. The number of nitrogens with zero attached hydrogens (tertiary/aromatic N) is 1. The zero-order valence-electron chi connectivity index (χ0n) is 12.8. The van der Waals surface area contributed by atoms with E-state index < -0.39 is 21.5 Å². The van der Waals surface area contributed by atoms with Gasteiger partial charge in [0.15, 0.2) is 0 Å². The number of carbonyl (C=O) groups is 1. The summed E-state index contributed by atoms with van der Waals surface area (Å²) in [6.07, 6.45) is 1.46. The van der Waals surface area contributed by atoms with Gasteiger partial charge in [0.2, 0.25) is 10.0 Å². The highest BCUT2D eigenvalue weighted by Gasteiger charge is 2.43. The minimum absolute atomic E-state index is 0.0449. The van der Waals surface area contributed by atoms with Crippen molar-refractivity contribution in [2.45, 2.75) is 23.3 Å². The first kappa shape index (κ1) is 18.3. The van der Waals surface area contributed by atoms with Gasteiger partial charge in [0.25, 0.3) is 0 Å². The minimum atomic E-state index is -4.10. The van der Waals surface area contributed by atoms with Crippen LogP contribution in [0.25, 0.3) is 10.8 Å². The first-order valence-electron chi connectivity index (χ1n) is 7.34. The van der Waals surface area contributed by atoms with Crippen molar-refractivity contribution in [1.29, 1.82) is 0 Å². The molecule has 0 saturated carbocycles. The number of benzene rings is 1. The number of rotatable bonds is 4. The number of carboxylic acid groups (broad SMARTS) is 1. The maximum Gasteiger partial charge on any atom is 0.325 e. The van der Waals surface area contributed by atoms with Gasteiger partial charge < -0.3 is 9.84 Å². The van der Waals surface area contributed by atoms with Gasteiger partial charge in [0.05, 0.1) is 9.92 Å². The number of pyridine rings is 1. The molecular weight excluding hydrogens is 391 g/mol. The van der Waals surface area contributed by atoms with E-state index in [0.717, 1.165) is 0 Å². The zero-order chi connectivity index (χ0) is 18.2. The molecular formula is C15H14Cl2N2O5S. The number of halogens is 2. The fourth-order valence-electron chi connectivity index (χ4n) is 2.72. The molecule has 1 fully saturated rings. The Hall–Kier alpha value is -1.45. The lowest BCUT2D eigenvalue weighted by Gasteiger charge is -2.33. The molecule has 0 atom stereocenters. The van der Waals surface area contributed by atoms with Gasteiger partial charge in [0.1, 0.15) is 10.7 Å². The lowest BCUT2D eigenvalue weighted by Crippen LogP contribution is -2.57. The van der Waals surface area contributed by atoms with Crippen LogP contribution in [0, 0.1) is 0 Å². The van der Waals surface area contributed by atoms with Crippen LogP contribution in [0.2, 0.25) is 10.2 Å². The standard InChI is InChI=1S/C15H14Cl2N2O5S/c16-12-8-18-13(17)11-7-9(1-2-10(11)12)25(22,23)19-15(14(20)21)3-5-24-6-4-15/h1-2,7-8,19H,3-6H2,(H,20,21). The van der Waals surface area contributed by atoms with Crippen LogP contribution in [-0.4, -0.2) is 43.2 Å². The fourth-order valence-corrected chi connectivity index (χ4v) is 4.58. The fraction of sp³-hybridized carbons (Fsp3) is 0.333. The molecule has 2 aromatic rings. The van der Waals surface area contributed by atoms with Gasteiger partial charge in [-0.05, 0) is 12.1 Å². The Balaban J connectivity index is 2.04. The molecule has 0 bridgehead atoms. The maximum absolute atomic E-state index is 12.7. The van der Waals surface area contributed by atoms with Crippen LogP contribution >= 0.6 is 23.2 Å². The van der Waals surface area contributed by atoms with Gasteiger partial charge in [-0.1, -0.05) is 29.3 Å². The minimum Gasteiger partial charge on any atom is -0.480 e. The number of hydrogen-bond acceptors (Lipinski definition) is 5. The second-order valence-electron chi connectivity index (χ2n) is 5.71. The monoisotopic (exact) mass is 404 g/mol. The molecule has 2 heterocycles. The van der Waals surface area contributed by atoms with Crippen LogP contribution in [-0.2, 0) is 19.6 Å². The molecule has 7 nitrogen and oxygen atoms in total. The average Bonchev–Trinajstić information content (AvgIpc) is 2.58. The number of nitrogens with one attached hydrogen (secondary N) is 1. The Morgan fingerprint density at radius 2 is 1.92 bits per heavy atom. The van der Waals surface area contributed by atoms with Gasteiger partial charge in [0, 0.05) is 43.0 Å². The molecule has 1 aliphatic heterocycles. The van der Waals surface area contributed by atoms with E-state index in [2.05, 4.69) is 9.71 Å². The highest BCUT2D eigenvalue weighted by atomic mass is 35.5. The second-order valence-corrected chi connectivity index (χ2v) is 8.16. The zero-order valence-corrected chi connectivity index (χ0v) is 15.2. The summed E-state index contributed by atoms with van der Waals surface area (Å²) in [4.78, 5) is 15.4. The summed E-state index contributed by atoms with van der Waals surface area (Å²) in [7, 11) is -4.10. The summed E-state index contributed by atoms with van der Waals surface area (Å²) in [6.45, 7) is 0.329. The van der Waals surface area contributed by atoms with E-state index in [1.807, 2.05) is 0 Å². The Labute approximate surface area is 154 Å². The molecule has 134 valence electrons. The molecule has 0 aliphatic carbocycles. The number of ether oxygens (including phenoxy) is 1. The van der Waals surface area contributed by atoms with Crippen molar-refractivity contribution in [1.82, 2.24) is 9.71 Å². The first-order valence-corrected chi connectivity index (χ1v) is 9.58. The van der Waals surface area contributed by atoms with E-state index >= 15 is 0 Å². The van der Waals surface area contributed by atoms with Crippen LogP contribution in [0.1, 0.15) is 12.8 Å². The molecule has 1 aliphatic rings. The third-order valence-electron chi connectivity index (χ3n) is 4.16. The smallest absolute Gasteiger partial charge is 0.325 e. The van der Waals surface area contributed by atoms with E-state index in [4.69, 9.17) is 27.9 Å². The van der Waals surface area contributed by atoms with Crippen molar-refractivity contribution < 1.29 is 23.1 Å². The third-order valence-corrected chi connectivity index (χ3v) is 6.29. The van der Waals surface area contributed by atoms with Crippen LogP contribution in [0.3, 0.4) is 0 Å². The Morgan fingerprint density at radius 1 is 1.24 bits per heavy atom. The van der Waals surface area contributed by atoms with Gasteiger partial charge >= 0.3 is 5.97 Å². The highest BCUT2D eigenvalue weighted by molar-refractivity contribution is 7.89. The molecule has 0 amide bonds. The number of hydrogen-bond donors (Lipinski definition) is 2. The van der Waals surface area contributed by atoms with Crippen molar-refractivity contribution in [3.05, 3.63) is 34.6 Å². The van der Waals surface area contributed by atoms with E-state index in [1.165, 1.54) is 24.4 Å². The quantitative estimate of drug-likeness (QED) is 0.758. The van der Waals surface area contributed by atoms with E-state index in [-0.39, 0.29) is 36.1 Å². The molecule has 25 heavy (non-hydrogen) atoms. The van der Waals surface area contributed by atoms with Crippen LogP contribution < -0.4 is 4.72 Å². The summed E-state index contributed by atoms with van der Waals surface area (Å²) < 4.78 is 32.9.